The maximum atomic E-state index is 10.6. The van der Waals surface area contributed by atoms with E-state index in [0.29, 0.717) is 0 Å². The second kappa shape index (κ2) is 17.0. The quantitative estimate of drug-likeness (QED) is 0.209. The van der Waals surface area contributed by atoms with Crippen molar-refractivity contribution < 1.29 is 39.6 Å². The summed E-state index contributed by atoms with van der Waals surface area (Å²) >= 11 is 0. The first kappa shape index (κ1) is 33.3. The van der Waals surface area contributed by atoms with Crippen LogP contribution in [0.4, 0.5) is 0 Å². The van der Waals surface area contributed by atoms with Crippen LogP contribution in [0.15, 0.2) is 0 Å². The number of carboxylic acids is 4. The molecule has 0 rings (SSSR count). The van der Waals surface area contributed by atoms with Crippen LogP contribution in [0, 0.1) is 0 Å². The Morgan fingerprint density at radius 3 is 0.792 bits per heavy atom. The Morgan fingerprint density at radius 1 is 0.500 bits per heavy atom. The van der Waals surface area contributed by atoms with E-state index >= 15 is 0 Å². The van der Waals surface area contributed by atoms with Crippen molar-refractivity contribution in [3.8, 4) is 0 Å². The molecule has 0 aromatic heterocycles. The van der Waals surface area contributed by atoms with Crippen LogP contribution in [0.25, 0.3) is 0 Å². The highest BCUT2D eigenvalue weighted by Gasteiger charge is 2.17. The van der Waals surface area contributed by atoms with Gasteiger partial charge in [-0.3, -0.25) is 29.0 Å². The van der Waals surface area contributed by atoms with Gasteiger partial charge in [-0.1, -0.05) is 0 Å². The molecule has 0 radical (unpaired) electrons. The molecular formula is C10H28N6O8. The van der Waals surface area contributed by atoms with Crippen molar-refractivity contribution in [3.05, 3.63) is 0 Å². The van der Waals surface area contributed by atoms with Crippen LogP contribution >= 0.6 is 0 Å². The Kier molecular flexibility index (Phi) is 23.6. The molecular weight excluding hydrogens is 332 g/mol. The summed E-state index contributed by atoms with van der Waals surface area (Å²) in [6, 6.07) is 0. The van der Waals surface area contributed by atoms with E-state index in [2.05, 4.69) is 0 Å². The molecule has 0 heterocycles. The summed E-state index contributed by atoms with van der Waals surface area (Å²) in [6.45, 7) is -2.25. The van der Waals surface area contributed by atoms with Crippen molar-refractivity contribution in [1.29, 1.82) is 0 Å². The van der Waals surface area contributed by atoms with Crippen molar-refractivity contribution >= 4 is 23.9 Å². The molecule has 0 spiro atoms. The minimum atomic E-state index is -1.23. The molecule has 0 aliphatic heterocycles. The summed E-state index contributed by atoms with van der Waals surface area (Å²) < 4.78 is 0. The lowest BCUT2D eigenvalue weighted by Gasteiger charge is -2.23. The van der Waals surface area contributed by atoms with E-state index in [0.717, 1.165) is 9.80 Å². The molecule has 146 valence electrons. The van der Waals surface area contributed by atoms with Crippen molar-refractivity contribution in [2.24, 2.45) is 0 Å². The second-order valence-electron chi connectivity index (χ2n) is 4.00. The maximum absolute atomic E-state index is 10.6. The molecule has 0 fully saturated rings. The van der Waals surface area contributed by atoms with Crippen LogP contribution in [-0.2, 0) is 19.2 Å². The zero-order valence-electron chi connectivity index (χ0n) is 13.4. The van der Waals surface area contributed by atoms with Gasteiger partial charge >= 0.3 is 23.9 Å². The van der Waals surface area contributed by atoms with E-state index < -0.39 is 50.1 Å². The predicted octanol–water partition coefficient (Wildman–Crippen LogP) is -1.42. The molecule has 0 atom stereocenters. The van der Waals surface area contributed by atoms with Gasteiger partial charge in [0.25, 0.3) is 0 Å². The molecule has 14 nitrogen and oxygen atoms in total. The minimum absolute atomic E-state index is 0. The standard InChI is InChI=1S/C10H16N2O8.4H3N/c13-7(14)3-11(4-8(15)16)1-2-12(5-9(17)18)6-10(19)20;;;;/h1-6H2,(H,13,14)(H,15,16)(H,17,18)(H,19,20);4*1H3. The summed E-state index contributed by atoms with van der Waals surface area (Å²) in [5.41, 5.74) is 0. The lowest BCUT2D eigenvalue weighted by molar-refractivity contribution is -0.145. The van der Waals surface area contributed by atoms with Gasteiger partial charge in [-0.2, -0.15) is 0 Å². The number of hydrogen-bond donors (Lipinski definition) is 8. The predicted molar refractivity (Wildman–Crippen MR) is 83.5 cm³/mol. The average Bonchev–Trinajstić information content (AvgIpc) is 2.22. The third-order valence-corrected chi connectivity index (χ3v) is 2.17. The normalized spacial score (nSPS) is 8.92. The van der Waals surface area contributed by atoms with E-state index in [4.69, 9.17) is 20.4 Å². The molecule has 0 saturated heterocycles. The summed E-state index contributed by atoms with van der Waals surface area (Å²) in [7, 11) is 0. The smallest absolute Gasteiger partial charge is 0.317 e. The second-order valence-corrected chi connectivity index (χ2v) is 4.00. The Morgan fingerprint density at radius 2 is 0.667 bits per heavy atom. The van der Waals surface area contributed by atoms with Gasteiger partial charge in [-0.05, 0) is 0 Å². The molecule has 0 unspecified atom stereocenters. The maximum Gasteiger partial charge on any atom is 0.317 e. The van der Waals surface area contributed by atoms with E-state index in [-0.39, 0.29) is 37.7 Å². The number of carbonyl (C=O) groups is 4. The first-order valence-electron chi connectivity index (χ1n) is 5.52. The molecule has 0 saturated carbocycles. The number of rotatable bonds is 11. The Bertz CT molecular complexity index is 326. The number of nitrogens with zero attached hydrogens (tertiary/aromatic N) is 2. The Hall–Kier alpha value is -2.36. The number of hydrogen-bond acceptors (Lipinski definition) is 10. The number of carboxylic acid groups (broad SMARTS) is 4. The van der Waals surface area contributed by atoms with Crippen molar-refractivity contribution in [3.63, 3.8) is 0 Å². The first-order valence-corrected chi connectivity index (χ1v) is 5.52. The summed E-state index contributed by atoms with van der Waals surface area (Å²) in [5.74, 6) is -4.91. The third-order valence-electron chi connectivity index (χ3n) is 2.17. The van der Waals surface area contributed by atoms with E-state index in [1.54, 1.807) is 0 Å². The highest BCUT2D eigenvalue weighted by atomic mass is 16.4. The fourth-order valence-corrected chi connectivity index (χ4v) is 1.48. The van der Waals surface area contributed by atoms with Crippen LogP contribution in [0.5, 0.6) is 0 Å². The van der Waals surface area contributed by atoms with Crippen LogP contribution in [-0.4, -0.2) is 93.4 Å². The van der Waals surface area contributed by atoms with Gasteiger partial charge in [0.15, 0.2) is 0 Å². The summed E-state index contributed by atoms with van der Waals surface area (Å²) in [5, 5.41) is 34.5. The topological polar surface area (TPSA) is 296 Å². The molecule has 16 N–H and O–H groups in total. The molecule has 0 aromatic carbocycles. The van der Waals surface area contributed by atoms with Gasteiger partial charge in [-0.25, -0.2) is 0 Å². The SMILES string of the molecule is N.N.N.N.O=C(O)CN(CCN(CC(=O)O)CC(=O)O)CC(=O)O. The molecule has 0 aliphatic carbocycles. The van der Waals surface area contributed by atoms with E-state index in [1.807, 2.05) is 0 Å². The summed E-state index contributed by atoms with van der Waals surface area (Å²) in [4.78, 5) is 44.4. The van der Waals surface area contributed by atoms with Crippen molar-refractivity contribution in [1.82, 2.24) is 34.4 Å². The van der Waals surface area contributed by atoms with Gasteiger partial charge in [0.1, 0.15) is 0 Å². The van der Waals surface area contributed by atoms with Crippen LogP contribution in [0.1, 0.15) is 0 Å². The van der Waals surface area contributed by atoms with Gasteiger partial charge in [0.05, 0.1) is 26.2 Å². The third kappa shape index (κ3) is 19.6. The largest absolute Gasteiger partial charge is 0.480 e. The average molecular weight is 360 g/mol. The Labute approximate surface area is 138 Å². The molecule has 14 heteroatoms. The van der Waals surface area contributed by atoms with Gasteiger partial charge in [0.2, 0.25) is 0 Å². The molecule has 0 aromatic rings. The first-order chi connectivity index (χ1) is 9.20. The molecule has 24 heavy (non-hydrogen) atoms. The fraction of sp³-hybridized carbons (Fsp3) is 0.600. The zero-order chi connectivity index (χ0) is 15.7. The Balaban J connectivity index is -0.000000301. The lowest BCUT2D eigenvalue weighted by atomic mass is 10.4. The zero-order valence-corrected chi connectivity index (χ0v) is 13.4. The van der Waals surface area contributed by atoms with Crippen LogP contribution < -0.4 is 24.6 Å². The minimum Gasteiger partial charge on any atom is -0.480 e. The lowest BCUT2D eigenvalue weighted by Crippen LogP contribution is -2.43. The van der Waals surface area contributed by atoms with E-state index in [9.17, 15) is 19.2 Å². The van der Waals surface area contributed by atoms with Crippen LogP contribution in [0.2, 0.25) is 0 Å². The molecule has 0 bridgehead atoms. The highest BCUT2D eigenvalue weighted by molar-refractivity contribution is 5.73. The van der Waals surface area contributed by atoms with Gasteiger partial charge in [0, 0.05) is 13.1 Å². The van der Waals surface area contributed by atoms with Crippen molar-refractivity contribution in [2.45, 2.75) is 0 Å². The van der Waals surface area contributed by atoms with Gasteiger partial charge < -0.3 is 45.0 Å². The van der Waals surface area contributed by atoms with Crippen LogP contribution in [0.3, 0.4) is 0 Å². The van der Waals surface area contributed by atoms with Gasteiger partial charge in [-0.15, -0.1) is 0 Å². The number of aliphatic carboxylic acids is 4. The van der Waals surface area contributed by atoms with Crippen molar-refractivity contribution in [2.75, 3.05) is 39.3 Å². The van der Waals surface area contributed by atoms with E-state index in [1.165, 1.54) is 0 Å². The summed E-state index contributed by atoms with van der Waals surface area (Å²) in [6.07, 6.45) is 0. The molecule has 0 aliphatic rings. The molecule has 0 amide bonds. The highest BCUT2D eigenvalue weighted by Crippen LogP contribution is 1.94. The fourth-order valence-electron chi connectivity index (χ4n) is 1.48. The monoisotopic (exact) mass is 360 g/mol.